The van der Waals surface area contributed by atoms with Gasteiger partial charge in [0.05, 0.1) is 52.9 Å². The third kappa shape index (κ3) is 15.7. The molecule has 10 heteroatoms. The summed E-state index contributed by atoms with van der Waals surface area (Å²) >= 11 is 0. The topological polar surface area (TPSA) is 114 Å². The van der Waals surface area contributed by atoms with Gasteiger partial charge in [0, 0.05) is 13.1 Å². The lowest BCUT2D eigenvalue weighted by Gasteiger charge is -2.09. The molecule has 198 valence electrons. The van der Waals surface area contributed by atoms with E-state index in [9.17, 15) is 9.59 Å². The van der Waals surface area contributed by atoms with Gasteiger partial charge in [-0.15, -0.1) is 0 Å². The summed E-state index contributed by atoms with van der Waals surface area (Å²) in [5.74, 6) is 0. The second-order valence-electron chi connectivity index (χ2n) is 7.43. The van der Waals surface area contributed by atoms with E-state index in [2.05, 4.69) is 10.6 Å². The molecule has 2 aromatic rings. The van der Waals surface area contributed by atoms with Crippen molar-refractivity contribution in [1.82, 2.24) is 10.6 Å². The van der Waals surface area contributed by atoms with Crippen LogP contribution in [-0.4, -0.2) is 78.1 Å². The normalized spacial score (nSPS) is 10.6. The van der Waals surface area contributed by atoms with Gasteiger partial charge in [-0.05, 0) is 11.1 Å². The monoisotopic (exact) mass is 504 g/mol. The van der Waals surface area contributed by atoms with Gasteiger partial charge < -0.3 is 39.1 Å². The second kappa shape index (κ2) is 20.1. The van der Waals surface area contributed by atoms with Crippen LogP contribution in [0.2, 0.25) is 0 Å². The first-order valence-corrected chi connectivity index (χ1v) is 11.9. The molecule has 10 nitrogen and oxygen atoms in total. The van der Waals surface area contributed by atoms with Gasteiger partial charge in [0.25, 0.3) is 0 Å². The van der Waals surface area contributed by atoms with E-state index in [0.29, 0.717) is 65.9 Å². The zero-order valence-corrected chi connectivity index (χ0v) is 20.5. The summed E-state index contributed by atoms with van der Waals surface area (Å²) < 4.78 is 31.8. The number of amides is 2. The van der Waals surface area contributed by atoms with Gasteiger partial charge in [0.15, 0.2) is 0 Å². The van der Waals surface area contributed by atoms with E-state index in [1.165, 1.54) is 0 Å². The van der Waals surface area contributed by atoms with E-state index in [1.54, 1.807) is 0 Å². The van der Waals surface area contributed by atoms with Crippen LogP contribution in [0.3, 0.4) is 0 Å². The molecule has 0 aliphatic heterocycles. The van der Waals surface area contributed by atoms with Gasteiger partial charge in [-0.2, -0.15) is 0 Å². The summed E-state index contributed by atoms with van der Waals surface area (Å²) in [4.78, 5) is 23.2. The molecule has 2 rings (SSSR count). The molecule has 0 aliphatic carbocycles. The molecule has 0 unspecified atom stereocenters. The average Bonchev–Trinajstić information content (AvgIpc) is 2.91. The van der Waals surface area contributed by atoms with Crippen LogP contribution in [0.1, 0.15) is 11.1 Å². The minimum absolute atomic E-state index is 0.235. The van der Waals surface area contributed by atoms with Gasteiger partial charge in [-0.25, -0.2) is 9.59 Å². The van der Waals surface area contributed by atoms with Gasteiger partial charge in [-0.3, -0.25) is 0 Å². The Morgan fingerprint density at radius 3 is 1.19 bits per heavy atom. The van der Waals surface area contributed by atoms with Crippen LogP contribution in [-0.2, 0) is 41.6 Å². The van der Waals surface area contributed by atoms with Gasteiger partial charge in [-0.1, -0.05) is 60.7 Å². The van der Waals surface area contributed by atoms with Crippen molar-refractivity contribution >= 4 is 12.2 Å². The summed E-state index contributed by atoms with van der Waals surface area (Å²) in [6.07, 6.45) is -0.949. The first-order valence-electron chi connectivity index (χ1n) is 11.9. The predicted molar refractivity (Wildman–Crippen MR) is 133 cm³/mol. The number of nitrogens with one attached hydrogen (secondary N) is 2. The third-order valence-corrected chi connectivity index (χ3v) is 4.57. The van der Waals surface area contributed by atoms with Crippen molar-refractivity contribution in [2.45, 2.75) is 13.2 Å². The molecule has 0 spiro atoms. The molecule has 0 saturated heterocycles. The number of rotatable bonds is 19. The first-order chi connectivity index (χ1) is 17.7. The van der Waals surface area contributed by atoms with E-state index >= 15 is 0 Å². The molecule has 0 aliphatic rings. The zero-order chi connectivity index (χ0) is 25.5. The molecule has 2 aromatic carbocycles. The van der Waals surface area contributed by atoms with Crippen molar-refractivity contribution in [3.8, 4) is 0 Å². The van der Waals surface area contributed by atoms with Crippen LogP contribution in [0.4, 0.5) is 9.59 Å². The zero-order valence-electron chi connectivity index (χ0n) is 20.5. The third-order valence-electron chi connectivity index (χ3n) is 4.57. The van der Waals surface area contributed by atoms with E-state index < -0.39 is 12.2 Å². The molecule has 0 heterocycles. The van der Waals surface area contributed by atoms with Crippen LogP contribution in [0.5, 0.6) is 0 Å². The summed E-state index contributed by atoms with van der Waals surface area (Å²) in [5.41, 5.74) is 1.87. The molecule has 2 N–H and O–H groups in total. The van der Waals surface area contributed by atoms with Gasteiger partial charge in [0.1, 0.15) is 13.2 Å². The van der Waals surface area contributed by atoms with Crippen LogP contribution in [0.25, 0.3) is 0 Å². The Kier molecular flexibility index (Phi) is 16.2. The highest BCUT2D eigenvalue weighted by molar-refractivity contribution is 5.67. The first kappa shape index (κ1) is 29.1. The highest BCUT2D eigenvalue weighted by Gasteiger charge is 2.03. The lowest BCUT2D eigenvalue weighted by molar-refractivity contribution is -0.00114. The Hall–Kier alpha value is -3.18. The molecule has 0 radical (unpaired) electrons. The van der Waals surface area contributed by atoms with E-state index in [1.807, 2.05) is 60.7 Å². The Morgan fingerprint density at radius 1 is 0.500 bits per heavy atom. The molecule has 0 bridgehead atoms. The maximum absolute atomic E-state index is 11.6. The number of hydrogen-bond donors (Lipinski definition) is 2. The summed E-state index contributed by atoms with van der Waals surface area (Å²) in [7, 11) is 0. The van der Waals surface area contributed by atoms with Crippen molar-refractivity contribution in [2.24, 2.45) is 0 Å². The Labute approximate surface area is 212 Å². The lowest BCUT2D eigenvalue weighted by Crippen LogP contribution is -2.28. The molecular formula is C26H36N2O8. The molecular weight excluding hydrogens is 468 g/mol. The average molecular weight is 505 g/mol. The minimum atomic E-state index is -0.475. The summed E-state index contributed by atoms with van der Waals surface area (Å²) in [6.45, 7) is 4.54. The largest absolute Gasteiger partial charge is 0.445 e. The Morgan fingerprint density at radius 2 is 0.833 bits per heavy atom. The van der Waals surface area contributed by atoms with Crippen LogP contribution < -0.4 is 10.6 Å². The Balaban J connectivity index is 1.25. The van der Waals surface area contributed by atoms with Crippen molar-refractivity contribution < 1.29 is 38.0 Å². The molecule has 0 fully saturated rings. The number of alkyl carbamates (subject to hydrolysis) is 2. The van der Waals surface area contributed by atoms with E-state index in [0.717, 1.165) is 11.1 Å². The predicted octanol–water partition coefficient (Wildman–Crippen LogP) is 2.91. The lowest BCUT2D eigenvalue weighted by atomic mass is 10.2. The van der Waals surface area contributed by atoms with Gasteiger partial charge in [0.2, 0.25) is 0 Å². The maximum Gasteiger partial charge on any atom is 0.407 e. The fraction of sp³-hybridized carbons (Fsp3) is 0.462. The number of hydrogen-bond acceptors (Lipinski definition) is 8. The van der Waals surface area contributed by atoms with Crippen molar-refractivity contribution in [1.29, 1.82) is 0 Å². The fourth-order valence-corrected chi connectivity index (χ4v) is 2.76. The van der Waals surface area contributed by atoms with Crippen molar-refractivity contribution in [3.63, 3.8) is 0 Å². The summed E-state index contributed by atoms with van der Waals surface area (Å²) in [6, 6.07) is 19.0. The van der Waals surface area contributed by atoms with E-state index in [4.69, 9.17) is 28.4 Å². The smallest absolute Gasteiger partial charge is 0.407 e. The molecule has 0 aromatic heterocycles. The van der Waals surface area contributed by atoms with E-state index in [-0.39, 0.29) is 13.2 Å². The van der Waals surface area contributed by atoms with Gasteiger partial charge >= 0.3 is 12.2 Å². The fourth-order valence-electron chi connectivity index (χ4n) is 2.76. The van der Waals surface area contributed by atoms with Crippen molar-refractivity contribution in [2.75, 3.05) is 65.9 Å². The standard InChI is InChI=1S/C26H36N2O8/c29-25(35-21-23-7-3-1-4-8-23)27-11-13-31-15-17-33-19-20-34-18-16-32-14-12-28-26(30)36-22-24-9-5-2-6-10-24/h1-10H,11-22H2,(H,27,29)(H,28,30). The second-order valence-corrected chi connectivity index (χ2v) is 7.43. The quantitative estimate of drug-likeness (QED) is 0.281. The highest BCUT2D eigenvalue weighted by Crippen LogP contribution is 2.01. The number of carbonyl (C=O) groups is 2. The Bertz CT molecular complexity index is 754. The SMILES string of the molecule is O=C(NCCOCCOCCOCCOCCNC(=O)OCc1ccccc1)OCc1ccccc1. The van der Waals surface area contributed by atoms with Crippen LogP contribution in [0, 0.1) is 0 Å². The number of carbonyl (C=O) groups excluding carboxylic acids is 2. The van der Waals surface area contributed by atoms with Crippen molar-refractivity contribution in [3.05, 3.63) is 71.8 Å². The summed E-state index contributed by atoms with van der Waals surface area (Å²) in [5, 5.41) is 5.26. The minimum Gasteiger partial charge on any atom is -0.445 e. The molecule has 0 saturated carbocycles. The highest BCUT2D eigenvalue weighted by atomic mass is 16.6. The molecule has 2 amide bonds. The number of benzene rings is 2. The maximum atomic E-state index is 11.6. The number of ether oxygens (including phenoxy) is 6. The molecule has 0 atom stereocenters. The van der Waals surface area contributed by atoms with Crippen LogP contribution in [0.15, 0.2) is 60.7 Å². The molecule has 36 heavy (non-hydrogen) atoms. The van der Waals surface area contributed by atoms with Crippen LogP contribution >= 0.6 is 0 Å².